The maximum atomic E-state index is 13.7. The van der Waals surface area contributed by atoms with Crippen molar-refractivity contribution in [1.82, 2.24) is 0 Å². The number of benzene rings is 2. The maximum Gasteiger partial charge on any atom is 0.460 e. The van der Waals surface area contributed by atoms with E-state index in [0.717, 1.165) is 55.9 Å². The van der Waals surface area contributed by atoms with Gasteiger partial charge in [0.15, 0.2) is 6.10 Å². The minimum atomic E-state index is -6.70. The second-order valence-electron chi connectivity index (χ2n) is 11.2. The second kappa shape index (κ2) is 15.7. The van der Waals surface area contributed by atoms with E-state index >= 15 is 0 Å². The molecular weight excluding hydrogens is 609 g/mol. The molecule has 45 heavy (non-hydrogen) atoms. The Bertz CT molecular complexity index is 1300. The maximum absolute atomic E-state index is 13.7. The Morgan fingerprint density at radius 2 is 1.44 bits per heavy atom. The number of aromatic hydroxyl groups is 1. The highest BCUT2D eigenvalue weighted by Gasteiger charge is 2.76. The molecule has 0 saturated carbocycles. The van der Waals surface area contributed by atoms with Crippen LogP contribution in [0.1, 0.15) is 103 Å². The van der Waals surface area contributed by atoms with Crippen molar-refractivity contribution in [3.8, 4) is 11.5 Å². The number of phenols is 1. The lowest BCUT2D eigenvalue weighted by atomic mass is 9.89. The lowest BCUT2D eigenvalue weighted by molar-refractivity contribution is -0.343. The zero-order valence-corrected chi connectivity index (χ0v) is 26.0. The Morgan fingerprint density at radius 1 is 0.822 bits per heavy atom. The van der Waals surface area contributed by atoms with E-state index in [2.05, 4.69) is 39.1 Å². The van der Waals surface area contributed by atoms with Crippen LogP contribution in [0.3, 0.4) is 0 Å². The van der Waals surface area contributed by atoms with Crippen LogP contribution >= 0.6 is 0 Å². The summed E-state index contributed by atoms with van der Waals surface area (Å²) in [5.41, 5.74) is 1.19. The van der Waals surface area contributed by atoms with Crippen molar-refractivity contribution in [3.05, 3.63) is 47.5 Å². The van der Waals surface area contributed by atoms with Crippen LogP contribution < -0.4 is 15.4 Å². The zero-order chi connectivity index (χ0) is 34.2. The molecule has 0 bridgehead atoms. The van der Waals surface area contributed by atoms with Gasteiger partial charge in [-0.25, -0.2) is 0 Å². The highest BCUT2D eigenvalue weighted by atomic mass is 19.4. The molecule has 0 fully saturated rings. The number of phenolic OH excluding ortho intramolecular Hbond substituents is 1. The molecule has 3 atom stereocenters. The topological polar surface area (TPSA) is 87.7 Å². The van der Waals surface area contributed by atoms with Gasteiger partial charge in [-0.3, -0.25) is 9.59 Å². The van der Waals surface area contributed by atoms with E-state index in [1.165, 1.54) is 10.9 Å². The van der Waals surface area contributed by atoms with Crippen LogP contribution in [-0.2, 0) is 9.59 Å². The summed E-state index contributed by atoms with van der Waals surface area (Å²) < 4.78 is 97.4. The number of alkyl halides is 7. The van der Waals surface area contributed by atoms with Crippen LogP contribution in [0, 0.1) is 0 Å². The summed E-state index contributed by atoms with van der Waals surface area (Å²) in [6.45, 7) is 10.4. The quantitative estimate of drug-likeness (QED) is 0.125. The van der Waals surface area contributed by atoms with Crippen molar-refractivity contribution < 1.29 is 50.2 Å². The van der Waals surface area contributed by atoms with Gasteiger partial charge in [-0.05, 0) is 66.8 Å². The van der Waals surface area contributed by atoms with Gasteiger partial charge in [0.25, 0.3) is 5.91 Å². The van der Waals surface area contributed by atoms with Crippen LogP contribution in [0.5, 0.6) is 11.5 Å². The molecule has 3 unspecified atom stereocenters. The Morgan fingerprint density at radius 3 is 2.00 bits per heavy atom. The monoisotopic (exact) mass is 650 g/mol. The van der Waals surface area contributed by atoms with Crippen LogP contribution in [-0.4, -0.2) is 41.0 Å². The van der Waals surface area contributed by atoms with Gasteiger partial charge in [0.05, 0.1) is 5.69 Å². The van der Waals surface area contributed by atoms with Crippen molar-refractivity contribution in [2.75, 3.05) is 10.6 Å². The number of anilines is 2. The molecule has 0 radical (unpaired) electrons. The fourth-order valence-electron chi connectivity index (χ4n) is 4.80. The number of halogens is 7. The molecule has 0 heterocycles. The number of carbonyl (C=O) groups is 2. The minimum Gasteiger partial charge on any atom is -0.506 e. The predicted octanol–water partition coefficient (Wildman–Crippen LogP) is 9.55. The van der Waals surface area contributed by atoms with E-state index in [1.54, 1.807) is 0 Å². The molecule has 0 spiro atoms. The summed E-state index contributed by atoms with van der Waals surface area (Å²) in [6.07, 6.45) is -2.06. The fourth-order valence-corrected chi connectivity index (χ4v) is 4.80. The van der Waals surface area contributed by atoms with E-state index in [9.17, 15) is 45.4 Å². The van der Waals surface area contributed by atoms with Crippen molar-refractivity contribution in [2.45, 2.75) is 116 Å². The van der Waals surface area contributed by atoms with E-state index in [0.29, 0.717) is 24.5 Å². The zero-order valence-electron chi connectivity index (χ0n) is 26.0. The minimum absolute atomic E-state index is 0.0729. The summed E-state index contributed by atoms with van der Waals surface area (Å²) in [6, 6.07) is 8.59. The SMILES string of the molecule is CCCCC(Oc1ccc(C(C)CCC)cc1C(C)CCC)C(=O)Nc1ccc(NC(=O)C(F)(F)C(F)(F)C(F)(F)F)c(O)c1. The highest BCUT2D eigenvalue weighted by Crippen LogP contribution is 2.47. The number of amides is 2. The van der Waals surface area contributed by atoms with Crippen LogP contribution in [0.2, 0.25) is 0 Å². The van der Waals surface area contributed by atoms with Gasteiger partial charge in [0.1, 0.15) is 11.5 Å². The third-order valence-electron chi connectivity index (χ3n) is 7.51. The van der Waals surface area contributed by atoms with E-state index in [-0.39, 0.29) is 11.6 Å². The van der Waals surface area contributed by atoms with Crippen LogP contribution in [0.4, 0.5) is 42.1 Å². The van der Waals surface area contributed by atoms with Crippen molar-refractivity contribution >= 4 is 23.2 Å². The van der Waals surface area contributed by atoms with Gasteiger partial charge in [-0.15, -0.1) is 0 Å². The predicted molar refractivity (Wildman–Crippen MR) is 158 cm³/mol. The molecule has 2 rings (SSSR count). The molecule has 252 valence electrons. The molecule has 6 nitrogen and oxygen atoms in total. The molecule has 0 aliphatic heterocycles. The number of hydrogen-bond acceptors (Lipinski definition) is 4. The van der Waals surface area contributed by atoms with Crippen molar-refractivity contribution in [2.24, 2.45) is 0 Å². The Labute approximate surface area is 258 Å². The van der Waals surface area contributed by atoms with Gasteiger partial charge < -0.3 is 20.5 Å². The lowest BCUT2D eigenvalue weighted by Crippen LogP contribution is -2.57. The fraction of sp³-hybridized carbons (Fsp3) is 0.562. The standard InChI is InChI=1S/C32H41F7N2O4/c1-6-9-12-27(45-26-16-13-21(19(4)10-7-2)17-23(26)20(5)11-8-3)28(43)40-22-14-15-24(25(42)18-22)41-29(44)30(33,34)31(35,36)32(37,38)39/h13-20,27,42H,6-12H2,1-5H3,(H,40,43)(H,41,44). The number of nitrogens with one attached hydrogen (secondary N) is 2. The largest absolute Gasteiger partial charge is 0.506 e. The van der Waals surface area contributed by atoms with Gasteiger partial charge in [0.2, 0.25) is 0 Å². The number of hydrogen-bond donors (Lipinski definition) is 3. The number of ether oxygens (including phenoxy) is 1. The van der Waals surface area contributed by atoms with Crippen molar-refractivity contribution in [3.63, 3.8) is 0 Å². The van der Waals surface area contributed by atoms with Gasteiger partial charge in [-0.1, -0.05) is 66.0 Å². The number of unbranched alkanes of at least 4 members (excludes halogenated alkanes) is 1. The van der Waals surface area contributed by atoms with Crippen molar-refractivity contribution in [1.29, 1.82) is 0 Å². The molecular formula is C32H41F7N2O4. The Kier molecular flexibility index (Phi) is 13.1. The van der Waals surface area contributed by atoms with Crippen LogP contribution in [0.25, 0.3) is 0 Å². The van der Waals surface area contributed by atoms with Gasteiger partial charge >= 0.3 is 23.9 Å². The highest BCUT2D eigenvalue weighted by molar-refractivity contribution is 5.99. The first kappa shape index (κ1) is 37.7. The Hall–Kier alpha value is -3.51. The summed E-state index contributed by atoms with van der Waals surface area (Å²) in [5, 5.41) is 13.9. The normalized spacial score (nSPS) is 14.4. The molecule has 13 heteroatoms. The first-order chi connectivity index (χ1) is 20.9. The first-order valence-corrected chi connectivity index (χ1v) is 15.0. The summed E-state index contributed by atoms with van der Waals surface area (Å²) in [4.78, 5) is 25.0. The molecule has 0 saturated heterocycles. The number of rotatable bonds is 16. The Balaban J connectivity index is 2.29. The molecule has 2 aromatic rings. The number of carbonyl (C=O) groups excluding carboxylic acids is 2. The second-order valence-corrected chi connectivity index (χ2v) is 11.2. The van der Waals surface area contributed by atoms with Gasteiger partial charge in [0, 0.05) is 11.8 Å². The smallest absolute Gasteiger partial charge is 0.460 e. The first-order valence-electron chi connectivity index (χ1n) is 15.0. The summed E-state index contributed by atoms with van der Waals surface area (Å²) in [7, 11) is 0. The average Bonchev–Trinajstić information content (AvgIpc) is 2.96. The summed E-state index contributed by atoms with van der Waals surface area (Å²) in [5.74, 6) is -16.3. The molecule has 3 N–H and O–H groups in total. The molecule has 0 aromatic heterocycles. The lowest BCUT2D eigenvalue weighted by Gasteiger charge is -2.27. The molecule has 2 aromatic carbocycles. The summed E-state index contributed by atoms with van der Waals surface area (Å²) >= 11 is 0. The van der Waals surface area contributed by atoms with E-state index in [1.807, 2.05) is 19.1 Å². The third kappa shape index (κ3) is 9.26. The van der Waals surface area contributed by atoms with Gasteiger partial charge in [-0.2, -0.15) is 30.7 Å². The van der Waals surface area contributed by atoms with E-state index < -0.39 is 47.4 Å². The van der Waals surface area contributed by atoms with E-state index in [4.69, 9.17) is 4.74 Å². The van der Waals surface area contributed by atoms with Crippen LogP contribution in [0.15, 0.2) is 36.4 Å². The molecule has 0 aliphatic carbocycles. The average molecular weight is 651 g/mol. The molecule has 2 amide bonds. The third-order valence-corrected chi connectivity index (χ3v) is 7.51. The molecule has 0 aliphatic rings.